The van der Waals surface area contributed by atoms with Gasteiger partial charge in [0, 0.05) is 24.7 Å². The Morgan fingerprint density at radius 1 is 1.17 bits per heavy atom. The highest BCUT2D eigenvalue weighted by molar-refractivity contribution is 7.90. The topological polar surface area (TPSA) is 131 Å². The number of amides is 1. The zero-order chi connectivity index (χ0) is 21.9. The van der Waals surface area contributed by atoms with Gasteiger partial charge in [-0.3, -0.25) is 0 Å². The number of aliphatic hydroxyl groups excluding tert-OH is 1. The maximum atomic E-state index is 12.3. The fourth-order valence-electron chi connectivity index (χ4n) is 3.08. The summed E-state index contributed by atoms with van der Waals surface area (Å²) in [7, 11) is -4.04. The lowest BCUT2D eigenvalue weighted by molar-refractivity contribution is 0.0570. The number of hydrogen-bond acceptors (Lipinski definition) is 8. The van der Waals surface area contributed by atoms with E-state index in [0.29, 0.717) is 23.5 Å². The number of nitrogens with one attached hydrogen (secondary N) is 2. The van der Waals surface area contributed by atoms with Crippen molar-refractivity contribution in [3.63, 3.8) is 0 Å². The second-order valence-corrected chi connectivity index (χ2v) is 10.00. The minimum Gasteiger partial charge on any atom is -0.443 e. The van der Waals surface area contributed by atoms with Crippen molar-refractivity contribution >= 4 is 27.8 Å². The van der Waals surface area contributed by atoms with Gasteiger partial charge >= 0.3 is 6.09 Å². The van der Waals surface area contributed by atoms with E-state index in [9.17, 15) is 13.2 Å². The molecule has 0 radical (unpaired) electrons. The molecular weight excluding hydrogens is 408 g/mol. The highest BCUT2D eigenvalue weighted by Gasteiger charge is 2.30. The molecule has 30 heavy (non-hydrogen) atoms. The Morgan fingerprint density at radius 2 is 1.77 bits per heavy atom. The summed E-state index contributed by atoms with van der Waals surface area (Å²) in [4.78, 5) is 20.3. The third-order valence-electron chi connectivity index (χ3n) is 4.67. The van der Waals surface area contributed by atoms with Crippen LogP contribution < -0.4 is 10.0 Å². The molecule has 1 saturated carbocycles. The summed E-state index contributed by atoms with van der Waals surface area (Å²) in [6, 6.07) is 5.84. The van der Waals surface area contributed by atoms with E-state index in [1.54, 1.807) is 45.3 Å². The first-order chi connectivity index (χ1) is 14.1. The molecule has 10 heteroatoms. The molecule has 0 saturated heterocycles. The van der Waals surface area contributed by atoms with Crippen molar-refractivity contribution < 1.29 is 23.1 Å². The summed E-state index contributed by atoms with van der Waals surface area (Å²) >= 11 is 0. The lowest BCUT2D eigenvalue weighted by Crippen LogP contribution is -2.36. The van der Waals surface area contributed by atoms with Crippen LogP contribution in [0.15, 0.2) is 41.6 Å². The van der Waals surface area contributed by atoms with Crippen LogP contribution in [-0.2, 0) is 14.8 Å². The minimum absolute atomic E-state index is 0.0707. The molecule has 0 atom stereocenters. The third kappa shape index (κ3) is 5.67. The van der Waals surface area contributed by atoms with Crippen molar-refractivity contribution in [3.05, 3.63) is 42.2 Å². The quantitative estimate of drug-likeness (QED) is 0.633. The van der Waals surface area contributed by atoms with Crippen molar-refractivity contribution in [3.8, 4) is 0 Å². The van der Waals surface area contributed by atoms with Crippen LogP contribution in [0.1, 0.15) is 45.1 Å². The number of sulfonamides is 1. The predicted octanol–water partition coefficient (Wildman–Crippen LogP) is 2.92. The molecule has 2 aromatic rings. The zero-order valence-corrected chi connectivity index (χ0v) is 17.9. The molecule has 1 aliphatic rings. The minimum atomic E-state index is -4.04. The van der Waals surface area contributed by atoms with E-state index in [1.165, 1.54) is 12.1 Å². The Hall–Kier alpha value is -2.72. The molecule has 0 aliphatic heterocycles. The zero-order valence-electron chi connectivity index (χ0n) is 17.1. The van der Waals surface area contributed by atoms with Gasteiger partial charge < -0.3 is 15.2 Å². The van der Waals surface area contributed by atoms with Gasteiger partial charge in [-0.05, 0) is 75.3 Å². The first-order valence-electron chi connectivity index (χ1n) is 9.61. The van der Waals surface area contributed by atoms with Crippen molar-refractivity contribution in [1.29, 1.82) is 0 Å². The average molecular weight is 435 g/mol. The van der Waals surface area contributed by atoms with Gasteiger partial charge in [0.15, 0.2) is 0 Å². The van der Waals surface area contributed by atoms with E-state index in [4.69, 9.17) is 9.84 Å². The lowest BCUT2D eigenvalue weighted by Gasteiger charge is -2.33. The Balaban J connectivity index is 1.59. The van der Waals surface area contributed by atoms with Crippen LogP contribution in [0.5, 0.6) is 0 Å². The molecule has 3 rings (SSSR count). The maximum Gasteiger partial charge on any atom is 0.421 e. The van der Waals surface area contributed by atoms with Gasteiger partial charge in [-0.2, -0.15) is 0 Å². The molecule has 0 spiro atoms. The Morgan fingerprint density at radius 3 is 2.30 bits per heavy atom. The fourth-order valence-corrected chi connectivity index (χ4v) is 3.96. The van der Waals surface area contributed by atoms with Crippen LogP contribution >= 0.6 is 0 Å². The van der Waals surface area contributed by atoms with Gasteiger partial charge in [0.25, 0.3) is 10.0 Å². The van der Waals surface area contributed by atoms with Crippen LogP contribution in [0.3, 0.4) is 0 Å². The number of benzene rings is 1. The van der Waals surface area contributed by atoms with Gasteiger partial charge in [0.2, 0.25) is 5.95 Å². The van der Waals surface area contributed by atoms with Crippen molar-refractivity contribution in [1.82, 2.24) is 14.7 Å². The predicted molar refractivity (Wildman–Crippen MR) is 111 cm³/mol. The highest BCUT2D eigenvalue weighted by Crippen LogP contribution is 2.40. The van der Waals surface area contributed by atoms with E-state index < -0.39 is 21.7 Å². The number of nitrogens with zero attached hydrogens (tertiary/aromatic N) is 2. The Kier molecular flexibility index (Phi) is 6.27. The summed E-state index contributed by atoms with van der Waals surface area (Å²) in [6.07, 6.45) is 4.38. The summed E-state index contributed by atoms with van der Waals surface area (Å²) in [6.45, 7) is 5.15. The van der Waals surface area contributed by atoms with Crippen molar-refractivity contribution in [2.45, 2.75) is 50.0 Å². The highest BCUT2D eigenvalue weighted by atomic mass is 32.2. The maximum absolute atomic E-state index is 12.3. The van der Waals surface area contributed by atoms with Crippen LogP contribution in [0.2, 0.25) is 0 Å². The Bertz CT molecular complexity index is 979. The third-order valence-corrected chi connectivity index (χ3v) is 6.00. The number of aliphatic hydroxyl groups is 1. The number of carbonyl (C=O) groups is 1. The molecule has 0 bridgehead atoms. The smallest absolute Gasteiger partial charge is 0.421 e. The molecule has 3 N–H and O–H groups in total. The van der Waals surface area contributed by atoms with Crippen molar-refractivity contribution in [2.75, 3.05) is 11.9 Å². The van der Waals surface area contributed by atoms with Gasteiger partial charge in [0.1, 0.15) is 5.60 Å². The van der Waals surface area contributed by atoms with E-state index >= 15 is 0 Å². The van der Waals surface area contributed by atoms with Gasteiger partial charge in [-0.25, -0.2) is 27.9 Å². The average Bonchev–Trinajstić information content (AvgIpc) is 2.60. The fraction of sp³-hybridized carbons (Fsp3) is 0.450. The molecule has 1 aromatic heterocycles. The number of aromatic nitrogens is 2. The molecule has 162 valence electrons. The summed E-state index contributed by atoms with van der Waals surface area (Å²) in [5, 5.41) is 12.1. The number of ether oxygens (including phenoxy) is 1. The summed E-state index contributed by atoms with van der Waals surface area (Å²) < 4.78 is 31.5. The van der Waals surface area contributed by atoms with E-state index in [0.717, 1.165) is 18.4 Å². The molecule has 9 nitrogen and oxygen atoms in total. The van der Waals surface area contributed by atoms with Gasteiger partial charge in [0.05, 0.1) is 4.90 Å². The van der Waals surface area contributed by atoms with E-state index in [2.05, 4.69) is 15.3 Å². The molecule has 1 aliphatic carbocycles. The summed E-state index contributed by atoms with van der Waals surface area (Å²) in [5.74, 6) is 1.14. The van der Waals surface area contributed by atoms with Crippen LogP contribution in [-0.4, -0.2) is 41.8 Å². The SMILES string of the molecule is CC(C)(C)OC(=O)NS(=O)(=O)c1ccc(Nc2ncc(C3CC(CO)C3)cn2)cc1. The summed E-state index contributed by atoms with van der Waals surface area (Å²) in [5.41, 5.74) is 0.838. The number of hydrogen-bond donors (Lipinski definition) is 3. The Labute approximate surface area is 176 Å². The monoisotopic (exact) mass is 434 g/mol. The van der Waals surface area contributed by atoms with Crippen molar-refractivity contribution in [2.24, 2.45) is 5.92 Å². The molecular formula is C20H26N4O5S. The van der Waals surface area contributed by atoms with Gasteiger partial charge in [-0.15, -0.1) is 0 Å². The standard InChI is InChI=1S/C20H26N4O5S/c1-20(2,3)29-19(26)24-30(27,28)17-6-4-16(5-7-17)23-18-21-10-15(11-22-18)14-8-13(9-14)12-25/h4-7,10-11,13-14,25H,8-9,12H2,1-3H3,(H,24,26)(H,21,22,23). The number of carbonyl (C=O) groups excluding carboxylic acids is 1. The number of anilines is 2. The molecule has 1 aromatic carbocycles. The second kappa shape index (κ2) is 8.57. The molecule has 1 fully saturated rings. The van der Waals surface area contributed by atoms with E-state index in [-0.39, 0.29) is 11.5 Å². The van der Waals surface area contributed by atoms with Crippen LogP contribution in [0, 0.1) is 5.92 Å². The normalized spacial score (nSPS) is 18.9. The molecule has 1 heterocycles. The van der Waals surface area contributed by atoms with Crippen LogP contribution in [0.4, 0.5) is 16.4 Å². The molecule has 1 amide bonds. The first-order valence-corrected chi connectivity index (χ1v) is 11.1. The van der Waals surface area contributed by atoms with Crippen LogP contribution in [0.25, 0.3) is 0 Å². The van der Waals surface area contributed by atoms with E-state index in [1.807, 2.05) is 4.72 Å². The lowest BCUT2D eigenvalue weighted by atomic mass is 9.72. The van der Waals surface area contributed by atoms with Gasteiger partial charge in [-0.1, -0.05) is 0 Å². The largest absolute Gasteiger partial charge is 0.443 e. The molecule has 0 unspecified atom stereocenters. The first kappa shape index (κ1) is 22.0. The second-order valence-electron chi connectivity index (χ2n) is 8.31. The number of rotatable bonds is 6.